The molecule has 0 amide bonds. The van der Waals surface area contributed by atoms with Crippen molar-refractivity contribution >= 4 is 22.8 Å². The highest BCUT2D eigenvalue weighted by Gasteiger charge is 2.43. The third-order valence-corrected chi connectivity index (χ3v) is 4.17. The fourth-order valence-corrected chi connectivity index (χ4v) is 2.96. The molecular formula is C12H15N3O4S. The number of rotatable bonds is 3. The Hall–Kier alpha value is -1.19. The average molecular weight is 297 g/mol. The summed E-state index contributed by atoms with van der Waals surface area (Å²) >= 11 is 1.50. The topological polar surface area (TPSA) is 101 Å². The number of hydrogen-bond donors (Lipinski definition) is 3. The van der Waals surface area contributed by atoms with Crippen LogP contribution in [0.15, 0.2) is 23.6 Å². The van der Waals surface area contributed by atoms with E-state index in [1.165, 1.54) is 18.1 Å². The second-order valence-corrected chi connectivity index (χ2v) is 5.37. The van der Waals surface area contributed by atoms with Gasteiger partial charge in [-0.15, -0.1) is 11.8 Å². The van der Waals surface area contributed by atoms with Crippen LogP contribution in [0.1, 0.15) is 6.23 Å². The second-order valence-electron chi connectivity index (χ2n) is 4.57. The quantitative estimate of drug-likeness (QED) is 0.531. The summed E-state index contributed by atoms with van der Waals surface area (Å²) in [6.07, 6.45) is 1.30. The zero-order valence-electron chi connectivity index (χ0n) is 10.7. The minimum atomic E-state index is -1.12. The molecule has 3 N–H and O–H groups in total. The van der Waals surface area contributed by atoms with Gasteiger partial charge in [-0.1, -0.05) is 0 Å². The number of aliphatic hydroxyl groups is 3. The van der Waals surface area contributed by atoms with E-state index in [2.05, 4.69) is 9.97 Å². The molecule has 4 atom stereocenters. The van der Waals surface area contributed by atoms with Crippen LogP contribution >= 0.6 is 11.8 Å². The average Bonchev–Trinajstić information content (AvgIpc) is 3.01. The Bertz CT molecular complexity index is 620. The molecule has 1 fully saturated rings. The largest absolute Gasteiger partial charge is 0.394 e. The summed E-state index contributed by atoms with van der Waals surface area (Å²) in [7, 11) is 0. The van der Waals surface area contributed by atoms with Crippen molar-refractivity contribution in [2.75, 3.05) is 12.9 Å². The number of aliphatic hydroxyl groups excluding tert-OH is 3. The highest BCUT2D eigenvalue weighted by atomic mass is 32.2. The van der Waals surface area contributed by atoms with Crippen LogP contribution in [0.5, 0.6) is 0 Å². The molecule has 0 aromatic carbocycles. The van der Waals surface area contributed by atoms with Crippen molar-refractivity contribution in [1.82, 2.24) is 14.5 Å². The van der Waals surface area contributed by atoms with Crippen LogP contribution < -0.4 is 0 Å². The van der Waals surface area contributed by atoms with Crippen molar-refractivity contribution in [3.05, 3.63) is 18.6 Å². The number of aromatic nitrogens is 3. The van der Waals surface area contributed by atoms with Crippen LogP contribution in [0.3, 0.4) is 0 Å². The Labute approximate surface area is 119 Å². The van der Waals surface area contributed by atoms with Crippen LogP contribution in [-0.4, -0.2) is 61.0 Å². The van der Waals surface area contributed by atoms with Crippen molar-refractivity contribution in [2.45, 2.75) is 29.6 Å². The highest BCUT2D eigenvalue weighted by molar-refractivity contribution is 7.98. The summed E-state index contributed by atoms with van der Waals surface area (Å²) in [5.41, 5.74) is 0.624. The Morgan fingerprint density at radius 1 is 1.35 bits per heavy atom. The monoisotopic (exact) mass is 297 g/mol. The van der Waals surface area contributed by atoms with Crippen molar-refractivity contribution in [1.29, 1.82) is 0 Å². The van der Waals surface area contributed by atoms with E-state index < -0.39 is 24.5 Å². The van der Waals surface area contributed by atoms with E-state index in [0.717, 1.165) is 10.4 Å². The van der Waals surface area contributed by atoms with Gasteiger partial charge in [0.2, 0.25) is 0 Å². The second kappa shape index (κ2) is 5.30. The van der Waals surface area contributed by atoms with E-state index in [9.17, 15) is 10.2 Å². The predicted octanol–water partition coefficient (Wildman–Crippen LogP) is -0.235. The van der Waals surface area contributed by atoms with Gasteiger partial charge in [-0.25, -0.2) is 9.97 Å². The third kappa shape index (κ3) is 2.00. The summed E-state index contributed by atoms with van der Waals surface area (Å²) in [4.78, 5) is 8.38. The maximum Gasteiger partial charge on any atom is 0.164 e. The van der Waals surface area contributed by atoms with Crippen LogP contribution in [0.4, 0.5) is 0 Å². The number of hydrogen-bond acceptors (Lipinski definition) is 7. The molecule has 1 saturated heterocycles. The Balaban J connectivity index is 2.03. The number of nitrogens with zero attached hydrogens (tertiary/aromatic N) is 3. The first-order valence-corrected chi connectivity index (χ1v) is 7.38. The fourth-order valence-electron chi connectivity index (χ4n) is 2.43. The lowest BCUT2D eigenvalue weighted by Gasteiger charge is -2.17. The van der Waals surface area contributed by atoms with Crippen LogP contribution in [-0.2, 0) is 4.74 Å². The van der Waals surface area contributed by atoms with Gasteiger partial charge in [0.15, 0.2) is 6.23 Å². The third-order valence-electron chi connectivity index (χ3n) is 3.46. The molecule has 1 aliphatic rings. The van der Waals surface area contributed by atoms with Crippen molar-refractivity contribution < 1.29 is 20.1 Å². The van der Waals surface area contributed by atoms with E-state index in [0.29, 0.717) is 5.65 Å². The predicted molar refractivity (Wildman–Crippen MR) is 72.3 cm³/mol. The molecule has 0 spiro atoms. The molecule has 20 heavy (non-hydrogen) atoms. The first kappa shape index (κ1) is 13.8. The standard InChI is InChI=1S/C12H15N3O4S/c1-20-11-6-2-3-15(10(6)13-5-14-11)12-9(18)8(17)7(4-16)19-12/h2-3,5,7-9,12,16-18H,4H2,1H3/t7-,8+,9-,12-/m0/s1. The fraction of sp³-hybridized carbons (Fsp3) is 0.500. The zero-order valence-corrected chi connectivity index (χ0v) is 11.6. The van der Waals surface area contributed by atoms with E-state index in [1.807, 2.05) is 12.3 Å². The SMILES string of the molecule is CSc1ncnc2c1ccn2[C@H]1O[C@@H](CO)[C@@H](O)[C@@H]1O. The van der Waals surface area contributed by atoms with Gasteiger partial charge in [-0.05, 0) is 12.3 Å². The van der Waals surface area contributed by atoms with Crippen LogP contribution in [0.2, 0.25) is 0 Å². The molecule has 0 aliphatic carbocycles. The van der Waals surface area contributed by atoms with Gasteiger partial charge in [-0.2, -0.15) is 0 Å². The van der Waals surface area contributed by atoms with Gasteiger partial charge in [-0.3, -0.25) is 0 Å². The van der Waals surface area contributed by atoms with Crippen LogP contribution in [0.25, 0.3) is 11.0 Å². The number of thioether (sulfide) groups is 1. The molecule has 0 radical (unpaired) electrons. The summed E-state index contributed by atoms with van der Waals surface area (Å²) in [5.74, 6) is 0. The molecule has 2 aromatic heterocycles. The van der Waals surface area contributed by atoms with Crippen molar-refractivity contribution in [3.8, 4) is 0 Å². The molecule has 3 rings (SSSR count). The Morgan fingerprint density at radius 2 is 2.15 bits per heavy atom. The Kier molecular flexibility index (Phi) is 3.65. The lowest BCUT2D eigenvalue weighted by molar-refractivity contribution is -0.0508. The van der Waals surface area contributed by atoms with Gasteiger partial charge in [0.05, 0.1) is 12.0 Å². The smallest absolute Gasteiger partial charge is 0.164 e. The maximum absolute atomic E-state index is 10.1. The van der Waals surface area contributed by atoms with Gasteiger partial charge in [0.25, 0.3) is 0 Å². The molecular weight excluding hydrogens is 282 g/mol. The molecule has 0 bridgehead atoms. The van der Waals surface area contributed by atoms with E-state index in [-0.39, 0.29) is 6.61 Å². The molecule has 3 heterocycles. The van der Waals surface area contributed by atoms with Gasteiger partial charge >= 0.3 is 0 Å². The van der Waals surface area contributed by atoms with E-state index in [1.54, 1.807) is 10.8 Å². The zero-order chi connectivity index (χ0) is 14.3. The first-order chi connectivity index (χ1) is 9.67. The molecule has 108 valence electrons. The molecule has 1 aliphatic heterocycles. The molecule has 8 heteroatoms. The van der Waals surface area contributed by atoms with Crippen molar-refractivity contribution in [3.63, 3.8) is 0 Å². The summed E-state index contributed by atoms with van der Waals surface area (Å²) in [6.45, 7) is -0.348. The lowest BCUT2D eigenvalue weighted by Crippen LogP contribution is -2.33. The summed E-state index contributed by atoms with van der Waals surface area (Å²) in [5, 5.41) is 30.7. The molecule has 7 nitrogen and oxygen atoms in total. The van der Waals surface area contributed by atoms with Gasteiger partial charge in [0, 0.05) is 6.20 Å². The number of fused-ring (bicyclic) bond motifs is 1. The first-order valence-electron chi connectivity index (χ1n) is 6.15. The van der Waals surface area contributed by atoms with Gasteiger partial charge in [0.1, 0.15) is 35.3 Å². The lowest BCUT2D eigenvalue weighted by atomic mass is 10.1. The molecule has 0 unspecified atom stereocenters. The summed E-state index contributed by atoms with van der Waals surface area (Å²) < 4.78 is 7.16. The van der Waals surface area contributed by atoms with E-state index in [4.69, 9.17) is 9.84 Å². The minimum Gasteiger partial charge on any atom is -0.394 e. The van der Waals surface area contributed by atoms with Gasteiger partial charge < -0.3 is 24.6 Å². The normalized spacial score (nSPS) is 30.2. The highest BCUT2D eigenvalue weighted by Crippen LogP contribution is 2.33. The Morgan fingerprint density at radius 3 is 2.80 bits per heavy atom. The van der Waals surface area contributed by atoms with E-state index >= 15 is 0 Å². The molecule has 2 aromatic rings. The molecule has 0 saturated carbocycles. The maximum atomic E-state index is 10.1. The van der Waals surface area contributed by atoms with Crippen LogP contribution in [0, 0.1) is 0 Å². The van der Waals surface area contributed by atoms with Crippen molar-refractivity contribution in [2.24, 2.45) is 0 Å². The number of ether oxygens (including phenoxy) is 1. The minimum absolute atomic E-state index is 0.348. The summed E-state index contributed by atoms with van der Waals surface area (Å²) in [6, 6.07) is 1.84.